The van der Waals surface area contributed by atoms with Gasteiger partial charge in [0.2, 0.25) is 10.0 Å². The van der Waals surface area contributed by atoms with Gasteiger partial charge in [-0.2, -0.15) is 5.10 Å². The second-order valence-electron chi connectivity index (χ2n) is 7.28. The van der Waals surface area contributed by atoms with Crippen molar-refractivity contribution in [1.82, 2.24) is 19.5 Å². The lowest BCUT2D eigenvalue weighted by molar-refractivity contribution is 0.269. The smallest absolute Gasteiger partial charge is 0.214 e. The minimum Gasteiger partial charge on any atom is -0.394 e. The van der Waals surface area contributed by atoms with Gasteiger partial charge in [-0.15, -0.1) is 0 Å². The molecule has 2 aromatic heterocycles. The summed E-state index contributed by atoms with van der Waals surface area (Å²) in [5, 5.41) is 13.5. The highest BCUT2D eigenvalue weighted by atomic mass is 32.2. The molecule has 0 radical (unpaired) electrons. The van der Waals surface area contributed by atoms with Crippen LogP contribution in [0.5, 0.6) is 0 Å². The molecule has 0 saturated carbocycles. The topological polar surface area (TPSA) is 97.1 Å². The predicted octanol–water partition coefficient (Wildman–Crippen LogP) is 3.21. The van der Waals surface area contributed by atoms with E-state index < -0.39 is 15.3 Å². The fraction of sp³-hybridized carbons (Fsp3) is 0.364. The van der Waals surface area contributed by atoms with Crippen LogP contribution in [0.1, 0.15) is 32.3 Å². The Labute approximate surface area is 177 Å². The second-order valence-corrected chi connectivity index (χ2v) is 9.46. The van der Waals surface area contributed by atoms with E-state index >= 15 is 0 Å². The quantitative estimate of drug-likeness (QED) is 0.517. The van der Waals surface area contributed by atoms with Crippen LogP contribution in [-0.2, 0) is 23.1 Å². The Kier molecular flexibility index (Phi) is 7.36. The van der Waals surface area contributed by atoms with Crippen molar-refractivity contribution in [2.24, 2.45) is 0 Å². The largest absolute Gasteiger partial charge is 0.394 e. The van der Waals surface area contributed by atoms with Gasteiger partial charge in [0.15, 0.2) is 0 Å². The highest BCUT2D eigenvalue weighted by Gasteiger charge is 2.19. The van der Waals surface area contributed by atoms with Crippen LogP contribution in [0.25, 0.3) is 22.4 Å². The third-order valence-corrected chi connectivity index (χ3v) is 6.85. The SMILES string of the molecule is CCCC(C)S(=O)(=O)NCc1ccc(-c2cn(CCO)nc2-c2ccncc2)cc1. The van der Waals surface area contributed by atoms with Gasteiger partial charge >= 0.3 is 0 Å². The Hall–Kier alpha value is -2.55. The van der Waals surface area contributed by atoms with Crippen LogP contribution >= 0.6 is 0 Å². The third kappa shape index (κ3) is 5.33. The van der Waals surface area contributed by atoms with Crippen molar-refractivity contribution in [2.75, 3.05) is 6.61 Å². The highest BCUT2D eigenvalue weighted by Crippen LogP contribution is 2.31. The number of hydrogen-bond acceptors (Lipinski definition) is 5. The maximum absolute atomic E-state index is 12.3. The van der Waals surface area contributed by atoms with Crippen molar-refractivity contribution in [3.63, 3.8) is 0 Å². The van der Waals surface area contributed by atoms with Gasteiger partial charge < -0.3 is 5.11 Å². The minimum absolute atomic E-state index is 0.00639. The number of aromatic nitrogens is 3. The number of benzene rings is 1. The molecule has 0 amide bonds. The molecule has 3 rings (SSSR count). The van der Waals surface area contributed by atoms with Gasteiger partial charge in [-0.3, -0.25) is 9.67 Å². The maximum Gasteiger partial charge on any atom is 0.214 e. The molecule has 160 valence electrons. The molecule has 2 heterocycles. The van der Waals surface area contributed by atoms with E-state index in [0.717, 1.165) is 34.4 Å². The van der Waals surface area contributed by atoms with Crippen molar-refractivity contribution in [3.8, 4) is 22.4 Å². The number of hydrogen-bond donors (Lipinski definition) is 2. The van der Waals surface area contributed by atoms with Crippen molar-refractivity contribution < 1.29 is 13.5 Å². The van der Waals surface area contributed by atoms with Crippen LogP contribution in [0.15, 0.2) is 55.0 Å². The maximum atomic E-state index is 12.3. The summed E-state index contributed by atoms with van der Waals surface area (Å²) in [6, 6.07) is 11.6. The zero-order valence-electron chi connectivity index (χ0n) is 17.3. The molecular weight excluding hydrogens is 400 g/mol. The molecule has 0 spiro atoms. The molecule has 0 aliphatic heterocycles. The zero-order valence-corrected chi connectivity index (χ0v) is 18.1. The second kappa shape index (κ2) is 9.97. The Balaban J connectivity index is 1.81. The molecule has 1 aromatic carbocycles. The Bertz CT molecular complexity index is 1050. The summed E-state index contributed by atoms with van der Waals surface area (Å²) in [6.07, 6.45) is 6.83. The van der Waals surface area contributed by atoms with Gasteiger partial charge in [0, 0.05) is 36.3 Å². The summed E-state index contributed by atoms with van der Waals surface area (Å²) in [7, 11) is -3.32. The average molecular weight is 429 g/mol. The van der Waals surface area contributed by atoms with Gasteiger partial charge in [-0.1, -0.05) is 37.6 Å². The monoisotopic (exact) mass is 428 g/mol. The van der Waals surface area contributed by atoms with E-state index in [1.165, 1.54) is 0 Å². The van der Waals surface area contributed by atoms with E-state index in [-0.39, 0.29) is 13.2 Å². The first-order chi connectivity index (χ1) is 14.4. The van der Waals surface area contributed by atoms with Crippen LogP contribution in [0, 0.1) is 0 Å². The van der Waals surface area contributed by atoms with Crippen LogP contribution in [0.4, 0.5) is 0 Å². The number of aliphatic hydroxyl groups excluding tert-OH is 1. The number of pyridine rings is 1. The molecule has 0 saturated heterocycles. The zero-order chi connectivity index (χ0) is 21.6. The molecule has 7 nitrogen and oxygen atoms in total. The van der Waals surface area contributed by atoms with Crippen LogP contribution in [0.2, 0.25) is 0 Å². The first kappa shape index (κ1) is 22.1. The molecule has 2 N–H and O–H groups in total. The van der Waals surface area contributed by atoms with Gasteiger partial charge in [0.25, 0.3) is 0 Å². The van der Waals surface area contributed by atoms with E-state index in [4.69, 9.17) is 0 Å². The molecule has 0 fully saturated rings. The van der Waals surface area contributed by atoms with Gasteiger partial charge in [0.05, 0.1) is 18.4 Å². The molecular formula is C22H28N4O3S. The minimum atomic E-state index is -3.32. The van der Waals surface area contributed by atoms with Crippen molar-refractivity contribution in [3.05, 3.63) is 60.6 Å². The third-order valence-electron chi connectivity index (χ3n) is 5.01. The van der Waals surface area contributed by atoms with Crippen LogP contribution < -0.4 is 4.72 Å². The summed E-state index contributed by atoms with van der Waals surface area (Å²) in [5.41, 5.74) is 4.56. The molecule has 0 bridgehead atoms. The number of nitrogens with one attached hydrogen (secondary N) is 1. The standard InChI is InChI=1S/C22H28N4O3S/c1-3-4-17(2)30(28,29)24-15-18-5-7-19(8-6-18)21-16-26(13-14-27)25-22(21)20-9-11-23-12-10-20/h5-12,16-17,24,27H,3-4,13-15H2,1-2H3. The fourth-order valence-corrected chi connectivity index (χ4v) is 4.46. The Morgan fingerprint density at radius 1 is 1.10 bits per heavy atom. The number of nitrogens with zero attached hydrogens (tertiary/aromatic N) is 3. The summed E-state index contributed by atoms with van der Waals surface area (Å²) in [6.45, 7) is 4.39. The van der Waals surface area contributed by atoms with E-state index in [9.17, 15) is 13.5 Å². The molecule has 1 atom stereocenters. The normalized spacial score (nSPS) is 12.8. The molecule has 0 aliphatic carbocycles. The van der Waals surface area contributed by atoms with Gasteiger partial charge in [-0.25, -0.2) is 13.1 Å². The highest BCUT2D eigenvalue weighted by molar-refractivity contribution is 7.90. The lowest BCUT2D eigenvalue weighted by atomic mass is 10.0. The fourth-order valence-electron chi connectivity index (χ4n) is 3.26. The lowest BCUT2D eigenvalue weighted by Gasteiger charge is -2.13. The molecule has 1 unspecified atom stereocenters. The number of aliphatic hydroxyl groups is 1. The Morgan fingerprint density at radius 3 is 2.43 bits per heavy atom. The van der Waals surface area contributed by atoms with E-state index in [0.29, 0.717) is 13.0 Å². The van der Waals surface area contributed by atoms with E-state index in [1.807, 2.05) is 49.5 Å². The summed E-state index contributed by atoms with van der Waals surface area (Å²) in [4.78, 5) is 4.06. The number of sulfonamides is 1. The lowest BCUT2D eigenvalue weighted by Crippen LogP contribution is -2.32. The van der Waals surface area contributed by atoms with Gasteiger partial charge in [-0.05, 0) is 36.6 Å². The molecule has 3 aromatic rings. The first-order valence-corrected chi connectivity index (χ1v) is 11.7. The van der Waals surface area contributed by atoms with Crippen LogP contribution in [-0.4, -0.2) is 40.1 Å². The molecule has 8 heteroatoms. The van der Waals surface area contributed by atoms with E-state index in [1.54, 1.807) is 24.0 Å². The first-order valence-electron chi connectivity index (χ1n) is 10.1. The van der Waals surface area contributed by atoms with Crippen molar-refractivity contribution >= 4 is 10.0 Å². The Morgan fingerprint density at radius 2 is 1.80 bits per heavy atom. The van der Waals surface area contributed by atoms with Crippen LogP contribution in [0.3, 0.4) is 0 Å². The summed E-state index contributed by atoms with van der Waals surface area (Å²) >= 11 is 0. The summed E-state index contributed by atoms with van der Waals surface area (Å²) in [5.74, 6) is 0. The molecule has 0 aliphatic rings. The molecule has 30 heavy (non-hydrogen) atoms. The van der Waals surface area contributed by atoms with Gasteiger partial charge in [0.1, 0.15) is 5.69 Å². The van der Waals surface area contributed by atoms with E-state index in [2.05, 4.69) is 14.8 Å². The summed E-state index contributed by atoms with van der Waals surface area (Å²) < 4.78 is 29.0. The average Bonchev–Trinajstić information content (AvgIpc) is 3.18. The number of rotatable bonds is 10. The predicted molar refractivity (Wildman–Crippen MR) is 118 cm³/mol. The van der Waals surface area contributed by atoms with Crippen molar-refractivity contribution in [2.45, 2.75) is 45.0 Å². The van der Waals surface area contributed by atoms with Crippen molar-refractivity contribution in [1.29, 1.82) is 0 Å².